The summed E-state index contributed by atoms with van der Waals surface area (Å²) in [5.74, 6) is 2.08. The second kappa shape index (κ2) is 6.19. The Hall–Kier alpha value is -1.36. The molecule has 0 fully saturated rings. The minimum atomic E-state index is -0.118. The van der Waals surface area contributed by atoms with Gasteiger partial charge in [0.1, 0.15) is 17.5 Å². The van der Waals surface area contributed by atoms with Gasteiger partial charge >= 0.3 is 0 Å². The molecule has 3 N–H and O–H groups in total. The summed E-state index contributed by atoms with van der Waals surface area (Å²) in [6.07, 6.45) is 0.239. The molecule has 0 unspecified atom stereocenters. The number of nitrogen functional groups attached to an aromatic ring is 1. The first-order chi connectivity index (χ1) is 8.71. The van der Waals surface area contributed by atoms with Crippen LogP contribution in [0, 0.1) is 6.92 Å². The molecule has 0 aliphatic heterocycles. The van der Waals surface area contributed by atoms with Crippen molar-refractivity contribution in [3.63, 3.8) is 0 Å². The number of anilines is 2. The Kier molecular flexibility index (Phi) is 5.11. The number of ether oxygens (including phenoxy) is 1. The molecular formula is C14H26N4O. The Morgan fingerprint density at radius 2 is 1.89 bits per heavy atom. The summed E-state index contributed by atoms with van der Waals surface area (Å²) >= 11 is 0. The lowest BCUT2D eigenvalue weighted by molar-refractivity contribution is 0.0870. The fraction of sp³-hybridized carbons (Fsp3) is 0.714. The third-order valence-electron chi connectivity index (χ3n) is 2.70. The fourth-order valence-corrected chi connectivity index (χ4v) is 1.51. The smallest absolute Gasteiger partial charge is 0.138 e. The predicted molar refractivity (Wildman–Crippen MR) is 79.5 cm³/mol. The molecule has 0 aliphatic rings. The minimum absolute atomic E-state index is 0.118. The van der Waals surface area contributed by atoms with E-state index in [1.807, 2.05) is 20.8 Å². The molecule has 0 amide bonds. The number of rotatable bonds is 5. The van der Waals surface area contributed by atoms with Crippen LogP contribution in [0.2, 0.25) is 0 Å². The molecule has 0 radical (unpaired) electrons. The summed E-state index contributed by atoms with van der Waals surface area (Å²) in [5, 5.41) is 3.27. The third kappa shape index (κ3) is 4.67. The molecule has 0 atom stereocenters. The van der Waals surface area contributed by atoms with Gasteiger partial charge in [-0.15, -0.1) is 0 Å². The van der Waals surface area contributed by atoms with E-state index in [2.05, 4.69) is 36.1 Å². The number of hydrogen-bond acceptors (Lipinski definition) is 5. The Labute approximate surface area is 116 Å². The molecule has 1 aromatic rings. The molecule has 5 heteroatoms. The maximum absolute atomic E-state index is 5.95. The van der Waals surface area contributed by atoms with Crippen LogP contribution >= 0.6 is 0 Å². The average molecular weight is 266 g/mol. The van der Waals surface area contributed by atoms with Crippen LogP contribution in [0.25, 0.3) is 0 Å². The van der Waals surface area contributed by atoms with Crippen LogP contribution in [-0.2, 0) is 10.2 Å². The van der Waals surface area contributed by atoms with Gasteiger partial charge in [-0.25, -0.2) is 9.97 Å². The molecule has 5 nitrogen and oxygen atoms in total. The van der Waals surface area contributed by atoms with Crippen molar-refractivity contribution in [1.29, 1.82) is 0 Å². The maximum atomic E-state index is 5.95. The minimum Gasteiger partial charge on any atom is -0.383 e. The highest BCUT2D eigenvalue weighted by Crippen LogP contribution is 2.24. The van der Waals surface area contributed by atoms with E-state index < -0.39 is 0 Å². The van der Waals surface area contributed by atoms with Crippen LogP contribution in [0.1, 0.15) is 46.0 Å². The van der Waals surface area contributed by atoms with Gasteiger partial charge in [0.05, 0.1) is 12.7 Å². The van der Waals surface area contributed by atoms with Gasteiger partial charge in [0.15, 0.2) is 0 Å². The molecular weight excluding hydrogens is 240 g/mol. The van der Waals surface area contributed by atoms with E-state index in [1.54, 1.807) is 0 Å². The van der Waals surface area contributed by atoms with Crippen molar-refractivity contribution in [1.82, 2.24) is 9.97 Å². The van der Waals surface area contributed by atoms with Gasteiger partial charge in [-0.2, -0.15) is 0 Å². The molecule has 0 aliphatic carbocycles. The maximum Gasteiger partial charge on any atom is 0.138 e. The van der Waals surface area contributed by atoms with Crippen LogP contribution in [0.4, 0.5) is 11.6 Å². The lowest BCUT2D eigenvalue weighted by Gasteiger charge is -2.20. The van der Waals surface area contributed by atoms with Crippen LogP contribution in [0.15, 0.2) is 0 Å². The van der Waals surface area contributed by atoms with E-state index in [9.17, 15) is 0 Å². The van der Waals surface area contributed by atoms with Gasteiger partial charge < -0.3 is 15.8 Å². The molecule has 0 saturated heterocycles. The van der Waals surface area contributed by atoms with E-state index in [1.165, 1.54) is 0 Å². The lowest BCUT2D eigenvalue weighted by atomic mass is 9.95. The van der Waals surface area contributed by atoms with E-state index >= 15 is 0 Å². The van der Waals surface area contributed by atoms with E-state index in [4.69, 9.17) is 10.5 Å². The Bertz CT molecular complexity index is 424. The van der Waals surface area contributed by atoms with Crippen molar-refractivity contribution in [3.05, 3.63) is 11.4 Å². The molecule has 1 aromatic heterocycles. The fourth-order valence-electron chi connectivity index (χ4n) is 1.51. The second-order valence-electron chi connectivity index (χ2n) is 6.00. The summed E-state index contributed by atoms with van der Waals surface area (Å²) in [7, 11) is 0. The van der Waals surface area contributed by atoms with Crippen LogP contribution in [0.5, 0.6) is 0 Å². The summed E-state index contributed by atoms with van der Waals surface area (Å²) in [5.41, 5.74) is 6.72. The van der Waals surface area contributed by atoms with Gasteiger partial charge in [-0.1, -0.05) is 20.8 Å². The SMILES string of the molecule is Cc1c(N)nc(C(C)(C)C)nc1NCCOC(C)C. The zero-order valence-electron chi connectivity index (χ0n) is 12.9. The van der Waals surface area contributed by atoms with E-state index in [0.29, 0.717) is 19.0 Å². The summed E-state index contributed by atoms with van der Waals surface area (Å²) in [6.45, 7) is 13.5. The van der Waals surface area contributed by atoms with Crippen molar-refractivity contribution < 1.29 is 4.74 Å². The quantitative estimate of drug-likeness (QED) is 0.801. The molecule has 108 valence electrons. The van der Waals surface area contributed by atoms with E-state index in [0.717, 1.165) is 17.2 Å². The number of nitrogens with zero attached hydrogens (tertiary/aromatic N) is 2. The van der Waals surface area contributed by atoms with Crippen molar-refractivity contribution in [3.8, 4) is 0 Å². The number of nitrogens with one attached hydrogen (secondary N) is 1. The highest BCUT2D eigenvalue weighted by atomic mass is 16.5. The highest BCUT2D eigenvalue weighted by Gasteiger charge is 2.20. The summed E-state index contributed by atoms with van der Waals surface area (Å²) < 4.78 is 5.49. The predicted octanol–water partition coefficient (Wildman–Crippen LogP) is 2.50. The average Bonchev–Trinajstić information content (AvgIpc) is 2.27. The molecule has 0 spiro atoms. The highest BCUT2D eigenvalue weighted by molar-refractivity contribution is 5.55. The van der Waals surface area contributed by atoms with Crippen molar-refractivity contribution in [2.75, 3.05) is 24.2 Å². The largest absolute Gasteiger partial charge is 0.383 e. The van der Waals surface area contributed by atoms with Crippen LogP contribution < -0.4 is 11.1 Å². The normalized spacial score (nSPS) is 11.9. The standard InChI is InChI=1S/C14H26N4O/c1-9(2)19-8-7-16-12-10(3)11(15)17-13(18-12)14(4,5)6/h9H,7-8H2,1-6H3,(H3,15,16,17,18). The number of hydrogen-bond donors (Lipinski definition) is 2. The Morgan fingerprint density at radius 3 is 2.42 bits per heavy atom. The van der Waals surface area contributed by atoms with Gasteiger partial charge in [0, 0.05) is 17.5 Å². The van der Waals surface area contributed by atoms with Gasteiger partial charge in [0.25, 0.3) is 0 Å². The molecule has 0 saturated carbocycles. The number of nitrogens with two attached hydrogens (primary N) is 1. The van der Waals surface area contributed by atoms with Crippen LogP contribution in [-0.4, -0.2) is 29.2 Å². The molecule has 19 heavy (non-hydrogen) atoms. The zero-order chi connectivity index (χ0) is 14.6. The lowest BCUT2D eigenvalue weighted by Crippen LogP contribution is -2.21. The third-order valence-corrected chi connectivity index (χ3v) is 2.70. The summed E-state index contributed by atoms with van der Waals surface area (Å²) in [6, 6.07) is 0. The zero-order valence-corrected chi connectivity index (χ0v) is 12.9. The molecule has 0 bridgehead atoms. The summed E-state index contributed by atoms with van der Waals surface area (Å²) in [4.78, 5) is 8.92. The Morgan fingerprint density at radius 1 is 1.26 bits per heavy atom. The first kappa shape index (κ1) is 15.7. The van der Waals surface area contributed by atoms with Gasteiger partial charge in [-0.05, 0) is 20.8 Å². The van der Waals surface area contributed by atoms with Gasteiger partial charge in [-0.3, -0.25) is 0 Å². The monoisotopic (exact) mass is 266 g/mol. The van der Waals surface area contributed by atoms with Crippen molar-refractivity contribution in [2.45, 2.75) is 53.1 Å². The van der Waals surface area contributed by atoms with Crippen molar-refractivity contribution >= 4 is 11.6 Å². The number of aromatic nitrogens is 2. The first-order valence-corrected chi connectivity index (χ1v) is 6.72. The topological polar surface area (TPSA) is 73.1 Å². The molecule has 1 heterocycles. The molecule has 1 rings (SSSR count). The molecule has 0 aromatic carbocycles. The Balaban J connectivity index is 2.79. The van der Waals surface area contributed by atoms with Crippen molar-refractivity contribution in [2.24, 2.45) is 0 Å². The van der Waals surface area contributed by atoms with E-state index in [-0.39, 0.29) is 11.5 Å². The second-order valence-corrected chi connectivity index (χ2v) is 6.00. The van der Waals surface area contributed by atoms with Crippen LogP contribution in [0.3, 0.4) is 0 Å². The van der Waals surface area contributed by atoms with Gasteiger partial charge in [0.2, 0.25) is 0 Å². The first-order valence-electron chi connectivity index (χ1n) is 6.72.